The number of ether oxygens (including phenoxy) is 2. The summed E-state index contributed by atoms with van der Waals surface area (Å²) in [6.07, 6.45) is 37.7. The van der Waals surface area contributed by atoms with Gasteiger partial charge in [-0.1, -0.05) is 154 Å². The van der Waals surface area contributed by atoms with E-state index >= 15 is 0 Å². The van der Waals surface area contributed by atoms with E-state index in [1.807, 2.05) is 19.0 Å². The monoisotopic (exact) mass is 1030 g/mol. The van der Waals surface area contributed by atoms with Crippen LogP contribution < -0.4 is 0 Å². The molecule has 7 aliphatic carbocycles. The van der Waals surface area contributed by atoms with Crippen molar-refractivity contribution in [3.05, 3.63) is 58.7 Å². The Labute approximate surface area is 459 Å². The van der Waals surface area contributed by atoms with E-state index in [0.29, 0.717) is 67.4 Å². The fraction of sp³-hybridized carbons (Fsp3) is 0.809. The van der Waals surface area contributed by atoms with Crippen LogP contribution in [0.2, 0.25) is 0 Å². The quantitative estimate of drug-likeness (QED) is 0.0670. The fourth-order valence-corrected chi connectivity index (χ4v) is 17.2. The van der Waals surface area contributed by atoms with E-state index in [1.54, 1.807) is 11.1 Å². The lowest BCUT2D eigenvalue weighted by atomic mass is 9.50. The number of nitrogens with zero attached hydrogens (tertiary/aromatic N) is 2. The molecule has 1 amide bonds. The van der Waals surface area contributed by atoms with Gasteiger partial charge in [-0.05, 0) is 198 Å². The van der Waals surface area contributed by atoms with Crippen molar-refractivity contribution >= 4 is 17.8 Å². The Bertz CT molecular complexity index is 2080. The summed E-state index contributed by atoms with van der Waals surface area (Å²) in [6.45, 7) is 28.4. The standard InChI is InChI=1S/C68H110N2O5/c1-47(2)19-15-21-50(6)58-32-34-60-52(23-17-39-67(58,60)9)27-28-53-45-55(30-26-49(53)5)74-64(72)25-13-14-43-70(63(71)24-18-42-69(11)12)44-38-65(73)75-56-36-40-66(8)54(46-56)29-31-57-61-35-33-59(51(7)22-16-20-48(3)4)68(61,10)41-37-62(57)66/h27-29,31,47-48,50-51,55-56,58-62H,5,13-26,30,32-46H2,1-4,6-12H3/b52-27+,53-28-. The predicted octanol–water partition coefficient (Wildman–Crippen LogP) is 16.8. The van der Waals surface area contributed by atoms with Gasteiger partial charge >= 0.3 is 11.9 Å². The number of carbonyl (C=O) groups is 3. The molecule has 0 saturated heterocycles. The van der Waals surface area contributed by atoms with E-state index in [2.05, 4.69) is 98.1 Å². The molecule has 422 valence electrons. The summed E-state index contributed by atoms with van der Waals surface area (Å²) in [6, 6.07) is 0. The van der Waals surface area contributed by atoms with Crippen molar-refractivity contribution in [3.8, 4) is 0 Å². The lowest BCUT2D eigenvalue weighted by molar-refractivity contribution is -0.151. The van der Waals surface area contributed by atoms with Crippen LogP contribution in [0.3, 0.4) is 0 Å². The van der Waals surface area contributed by atoms with Crippen molar-refractivity contribution in [2.45, 2.75) is 248 Å². The second kappa shape index (κ2) is 26.8. The van der Waals surface area contributed by atoms with Crippen molar-refractivity contribution in [1.29, 1.82) is 0 Å². The summed E-state index contributed by atoms with van der Waals surface area (Å²) in [5.41, 5.74) is 8.21. The lowest BCUT2D eigenvalue weighted by Gasteiger charge is -2.55. The van der Waals surface area contributed by atoms with Gasteiger partial charge in [0.25, 0.3) is 0 Å². The molecule has 0 N–H and O–H groups in total. The number of hydrogen-bond acceptors (Lipinski definition) is 6. The molecule has 7 heteroatoms. The highest BCUT2D eigenvalue weighted by Crippen LogP contribution is 2.66. The number of rotatable bonds is 25. The maximum absolute atomic E-state index is 13.6. The lowest BCUT2D eigenvalue weighted by Crippen LogP contribution is -2.47. The molecule has 0 aromatic carbocycles. The van der Waals surface area contributed by atoms with Gasteiger partial charge < -0.3 is 19.3 Å². The van der Waals surface area contributed by atoms with Crippen molar-refractivity contribution in [2.24, 2.45) is 69.5 Å². The summed E-state index contributed by atoms with van der Waals surface area (Å²) in [4.78, 5) is 44.5. The van der Waals surface area contributed by atoms with Crippen LogP contribution in [0.5, 0.6) is 0 Å². The molecule has 0 aromatic heterocycles. The highest BCUT2D eigenvalue weighted by molar-refractivity contribution is 5.77. The summed E-state index contributed by atoms with van der Waals surface area (Å²) in [7, 11) is 4.06. The first-order chi connectivity index (χ1) is 35.7. The average Bonchev–Trinajstić information content (AvgIpc) is 3.90. The number of allylic oxidation sites excluding steroid dienone is 7. The maximum atomic E-state index is 13.6. The van der Waals surface area contributed by atoms with Gasteiger partial charge in [0, 0.05) is 38.8 Å². The average molecular weight is 1040 g/mol. The summed E-state index contributed by atoms with van der Waals surface area (Å²) < 4.78 is 12.4. The van der Waals surface area contributed by atoms with Gasteiger partial charge in [0.15, 0.2) is 0 Å². The number of unbranched alkanes of at least 4 members (excludes halogenated alkanes) is 1. The van der Waals surface area contributed by atoms with E-state index in [1.165, 1.54) is 113 Å². The van der Waals surface area contributed by atoms with E-state index in [0.717, 1.165) is 87.0 Å². The van der Waals surface area contributed by atoms with Crippen LogP contribution in [0, 0.1) is 69.5 Å². The Kier molecular flexibility index (Phi) is 21.4. The molecule has 6 fully saturated rings. The normalized spacial score (nSPS) is 33.4. The Morgan fingerprint density at radius 2 is 1.27 bits per heavy atom. The molecule has 6 saturated carbocycles. The smallest absolute Gasteiger partial charge is 0.307 e. The Balaban J connectivity index is 0.866. The minimum absolute atomic E-state index is 0.0716. The Morgan fingerprint density at radius 1 is 0.627 bits per heavy atom. The van der Waals surface area contributed by atoms with Crippen molar-refractivity contribution < 1.29 is 23.9 Å². The zero-order valence-electron chi connectivity index (χ0n) is 50.0. The predicted molar refractivity (Wildman–Crippen MR) is 311 cm³/mol. The molecule has 0 aliphatic heterocycles. The topological polar surface area (TPSA) is 76.1 Å². The third-order valence-electron chi connectivity index (χ3n) is 21.7. The Hall–Kier alpha value is -2.93. The highest BCUT2D eigenvalue weighted by Gasteiger charge is 2.57. The largest absolute Gasteiger partial charge is 0.462 e. The van der Waals surface area contributed by atoms with Gasteiger partial charge in [-0.2, -0.15) is 0 Å². The molecule has 0 heterocycles. The van der Waals surface area contributed by atoms with Crippen LogP contribution >= 0.6 is 0 Å². The zero-order chi connectivity index (χ0) is 54.1. The van der Waals surface area contributed by atoms with Gasteiger partial charge in [-0.25, -0.2) is 0 Å². The molecule has 0 bridgehead atoms. The summed E-state index contributed by atoms with van der Waals surface area (Å²) in [5.74, 6) is 6.50. The third kappa shape index (κ3) is 14.9. The highest BCUT2D eigenvalue weighted by atomic mass is 16.5. The summed E-state index contributed by atoms with van der Waals surface area (Å²) >= 11 is 0. The zero-order valence-corrected chi connectivity index (χ0v) is 50.0. The first-order valence-electron chi connectivity index (χ1n) is 31.5. The molecule has 0 radical (unpaired) electrons. The Morgan fingerprint density at radius 3 is 1.93 bits per heavy atom. The van der Waals surface area contributed by atoms with Gasteiger partial charge in [-0.15, -0.1) is 0 Å². The van der Waals surface area contributed by atoms with Crippen LogP contribution in [0.15, 0.2) is 58.7 Å². The first kappa shape index (κ1) is 59.7. The molecule has 12 unspecified atom stereocenters. The van der Waals surface area contributed by atoms with Crippen LogP contribution in [0.4, 0.5) is 0 Å². The number of esters is 2. The molecule has 7 aliphatic rings. The molecule has 7 nitrogen and oxygen atoms in total. The van der Waals surface area contributed by atoms with E-state index < -0.39 is 0 Å². The SMILES string of the molecule is C=C1CCC(OC(=O)CCCCN(CCC(=O)OC2CCC3(C)C(=CC=C4C3CCC3(C)C4CCC3C(C)CCCC(C)C)C2)C(=O)CCCN(C)C)C/C1=C/C=C1\CCCC2(C)C1CCC2C(C)CCCC(C)C. The van der Waals surface area contributed by atoms with Gasteiger partial charge in [-0.3, -0.25) is 14.4 Å². The van der Waals surface area contributed by atoms with Gasteiger partial charge in [0.1, 0.15) is 12.2 Å². The molecular weight excluding hydrogens is 925 g/mol. The van der Waals surface area contributed by atoms with Crippen LogP contribution in [-0.2, 0) is 23.9 Å². The second-order valence-corrected chi connectivity index (χ2v) is 28.1. The minimum Gasteiger partial charge on any atom is -0.462 e. The third-order valence-corrected chi connectivity index (χ3v) is 21.7. The molecular formula is C68H110N2O5. The fourth-order valence-electron chi connectivity index (χ4n) is 17.2. The molecule has 7 rings (SSSR count). The van der Waals surface area contributed by atoms with Crippen molar-refractivity contribution in [2.75, 3.05) is 33.7 Å². The summed E-state index contributed by atoms with van der Waals surface area (Å²) in [5, 5.41) is 0. The minimum atomic E-state index is -0.208. The van der Waals surface area contributed by atoms with Crippen molar-refractivity contribution in [3.63, 3.8) is 0 Å². The number of hydrogen-bond donors (Lipinski definition) is 0. The molecule has 0 spiro atoms. The maximum Gasteiger partial charge on any atom is 0.307 e. The van der Waals surface area contributed by atoms with Gasteiger partial charge in [0.05, 0.1) is 6.42 Å². The van der Waals surface area contributed by atoms with E-state index in [9.17, 15) is 14.4 Å². The molecule has 75 heavy (non-hydrogen) atoms. The van der Waals surface area contributed by atoms with E-state index in [-0.39, 0.29) is 41.9 Å². The van der Waals surface area contributed by atoms with E-state index in [4.69, 9.17) is 9.47 Å². The van der Waals surface area contributed by atoms with Crippen LogP contribution in [0.1, 0.15) is 236 Å². The number of carbonyl (C=O) groups excluding carboxylic acids is 3. The number of fused-ring (bicyclic) bond motifs is 6. The second-order valence-electron chi connectivity index (χ2n) is 28.1. The molecule has 0 aromatic rings. The molecule has 12 atom stereocenters. The van der Waals surface area contributed by atoms with Crippen LogP contribution in [-0.4, -0.2) is 73.6 Å². The van der Waals surface area contributed by atoms with Gasteiger partial charge in [0.2, 0.25) is 5.91 Å². The van der Waals surface area contributed by atoms with Crippen LogP contribution in [0.25, 0.3) is 0 Å². The van der Waals surface area contributed by atoms with Crippen molar-refractivity contribution in [1.82, 2.24) is 9.80 Å². The first-order valence-corrected chi connectivity index (χ1v) is 31.5. The number of amides is 1.